The molecule has 0 amide bonds. The maximum absolute atomic E-state index is 14.0. The molecule has 0 aromatic rings. The fraction of sp³-hybridized carbons (Fsp3) is 0.941. The molecule has 37 heavy (non-hydrogen) atoms. The first-order valence-electron chi connectivity index (χ1n) is 15.9. The van der Waals surface area contributed by atoms with Gasteiger partial charge in [-0.25, -0.2) is 0 Å². The lowest BCUT2D eigenvalue weighted by atomic mass is 9.32. The fourth-order valence-electron chi connectivity index (χ4n) is 12.4. The average molecular weight is 513 g/mol. The molecule has 5 aliphatic carbocycles. The Morgan fingerprint density at radius 2 is 1.49 bits per heavy atom. The van der Waals surface area contributed by atoms with E-state index in [0.717, 1.165) is 25.7 Å². The van der Waals surface area contributed by atoms with Gasteiger partial charge >= 0.3 is 0 Å². The van der Waals surface area contributed by atoms with Gasteiger partial charge in [0.05, 0.1) is 6.10 Å². The molecule has 0 spiro atoms. The minimum Gasteiger partial charge on any atom is -0.393 e. The highest BCUT2D eigenvalue weighted by atomic mass is 16.3. The third-order valence-corrected chi connectivity index (χ3v) is 14.6. The second kappa shape index (κ2) is 8.90. The van der Waals surface area contributed by atoms with Crippen LogP contribution in [0.1, 0.15) is 132 Å². The second-order valence-corrected chi connectivity index (χ2v) is 16.3. The zero-order chi connectivity index (χ0) is 27.2. The smallest absolute Gasteiger partial charge is 0.139 e. The molecule has 5 fully saturated rings. The molecule has 210 valence electrons. The fourth-order valence-corrected chi connectivity index (χ4v) is 12.4. The largest absolute Gasteiger partial charge is 0.393 e. The number of aliphatic hydroxyl groups excluding tert-OH is 1. The van der Waals surface area contributed by atoms with Crippen molar-refractivity contribution < 1.29 is 14.7 Å². The Morgan fingerprint density at radius 3 is 2.14 bits per heavy atom. The van der Waals surface area contributed by atoms with Crippen molar-refractivity contribution in [3.8, 4) is 0 Å². The van der Waals surface area contributed by atoms with E-state index < -0.39 is 0 Å². The zero-order valence-electron chi connectivity index (χ0n) is 25.3. The summed E-state index contributed by atoms with van der Waals surface area (Å²) in [6, 6.07) is 0. The van der Waals surface area contributed by atoms with Crippen LogP contribution in [0.15, 0.2) is 0 Å². The maximum atomic E-state index is 14.0. The third-order valence-electron chi connectivity index (χ3n) is 14.6. The molecular weight excluding hydrogens is 456 g/mol. The van der Waals surface area contributed by atoms with Crippen molar-refractivity contribution >= 4 is 11.6 Å². The predicted octanol–water partition coefficient (Wildman–Crippen LogP) is 8.02. The quantitative estimate of drug-likeness (QED) is 0.406. The lowest BCUT2D eigenvalue weighted by Crippen LogP contribution is -2.67. The summed E-state index contributed by atoms with van der Waals surface area (Å²) in [6.07, 6.45) is 12.3. The Morgan fingerprint density at radius 1 is 0.784 bits per heavy atom. The number of carbonyl (C=O) groups excluding carboxylic acids is 2. The molecule has 5 aliphatic rings. The third kappa shape index (κ3) is 3.67. The van der Waals surface area contributed by atoms with Crippen LogP contribution in [0.25, 0.3) is 0 Å². The van der Waals surface area contributed by atoms with Crippen molar-refractivity contribution in [2.45, 2.75) is 139 Å². The molecule has 10 atom stereocenters. The number of rotatable bonds is 5. The SMILES string of the molecule is CC(=O)CCC(=O)[C@]12CCC(C(C)C)C1C1CCC3[C@@]4(C)CC[C@@H](O)C(C)(C)C4CC[C@@]3(C)[C@]1(C)CC2. The number of Topliss-reactive ketones (excluding diaryl/α,β-unsaturated/α-hetero) is 2. The number of hydrogen-bond donors (Lipinski definition) is 1. The van der Waals surface area contributed by atoms with Crippen LogP contribution >= 0.6 is 0 Å². The van der Waals surface area contributed by atoms with Crippen molar-refractivity contribution in [1.29, 1.82) is 0 Å². The van der Waals surface area contributed by atoms with Gasteiger partial charge in [0.1, 0.15) is 11.6 Å². The van der Waals surface area contributed by atoms with Crippen molar-refractivity contribution in [2.75, 3.05) is 0 Å². The average Bonchev–Trinajstić information content (AvgIpc) is 3.22. The number of hydrogen-bond acceptors (Lipinski definition) is 3. The Hall–Kier alpha value is -0.700. The van der Waals surface area contributed by atoms with Gasteiger partial charge in [0, 0.05) is 18.3 Å². The van der Waals surface area contributed by atoms with Gasteiger partial charge in [0.15, 0.2) is 0 Å². The zero-order valence-corrected chi connectivity index (χ0v) is 25.3. The summed E-state index contributed by atoms with van der Waals surface area (Å²) in [5.41, 5.74) is 0.651. The topological polar surface area (TPSA) is 54.4 Å². The summed E-state index contributed by atoms with van der Waals surface area (Å²) < 4.78 is 0. The molecule has 0 bridgehead atoms. The molecule has 5 saturated carbocycles. The molecule has 0 saturated heterocycles. The van der Waals surface area contributed by atoms with E-state index in [1.54, 1.807) is 6.92 Å². The van der Waals surface area contributed by atoms with E-state index in [0.29, 0.717) is 59.5 Å². The Balaban J connectivity index is 1.52. The standard InChI is InChI=1S/C34H56O3/c1-21(2)23-13-18-34(28(37)12-9-22(3)35)20-19-32(7)24(29(23)34)10-11-26-31(6)16-15-27(36)30(4,5)25(31)14-17-33(26,32)8/h21,23-27,29,36H,9-20H2,1-8H3/t23?,24?,25?,26?,27-,29?,31+,32-,33-,34-/m1/s1. The van der Waals surface area contributed by atoms with Crippen LogP contribution in [0.5, 0.6) is 0 Å². The van der Waals surface area contributed by atoms with Crippen LogP contribution in [-0.2, 0) is 9.59 Å². The molecule has 0 aliphatic heterocycles. The van der Waals surface area contributed by atoms with Gasteiger partial charge in [0.25, 0.3) is 0 Å². The number of ketones is 2. The van der Waals surface area contributed by atoms with Crippen LogP contribution in [-0.4, -0.2) is 22.8 Å². The first-order chi connectivity index (χ1) is 17.1. The Kier molecular flexibility index (Phi) is 6.70. The number of carbonyl (C=O) groups is 2. The number of fused-ring (bicyclic) bond motifs is 7. The molecule has 0 aromatic heterocycles. The highest BCUT2D eigenvalue weighted by molar-refractivity contribution is 5.89. The molecule has 3 heteroatoms. The molecule has 0 aromatic carbocycles. The van der Waals surface area contributed by atoms with Crippen LogP contribution in [0.4, 0.5) is 0 Å². The summed E-state index contributed by atoms with van der Waals surface area (Å²) in [5.74, 6) is 4.19. The Bertz CT molecular complexity index is 935. The molecule has 0 radical (unpaired) electrons. The summed E-state index contributed by atoms with van der Waals surface area (Å²) >= 11 is 0. The van der Waals surface area contributed by atoms with Crippen LogP contribution in [0.2, 0.25) is 0 Å². The van der Waals surface area contributed by atoms with E-state index in [2.05, 4.69) is 48.5 Å². The van der Waals surface area contributed by atoms with E-state index in [1.807, 2.05) is 0 Å². The summed E-state index contributed by atoms with van der Waals surface area (Å²) in [4.78, 5) is 25.8. The Labute approximate surface area is 227 Å². The van der Waals surface area contributed by atoms with Crippen molar-refractivity contribution in [1.82, 2.24) is 0 Å². The van der Waals surface area contributed by atoms with Gasteiger partial charge < -0.3 is 9.90 Å². The van der Waals surface area contributed by atoms with E-state index in [4.69, 9.17) is 0 Å². The normalized spacial score (nSPS) is 50.5. The van der Waals surface area contributed by atoms with Crippen molar-refractivity contribution in [3.05, 3.63) is 0 Å². The van der Waals surface area contributed by atoms with Gasteiger partial charge in [-0.2, -0.15) is 0 Å². The summed E-state index contributed by atoms with van der Waals surface area (Å²) in [6.45, 7) is 19.0. The van der Waals surface area contributed by atoms with Crippen molar-refractivity contribution in [3.63, 3.8) is 0 Å². The highest BCUT2D eigenvalue weighted by Crippen LogP contribution is 2.77. The van der Waals surface area contributed by atoms with Crippen LogP contribution < -0.4 is 0 Å². The van der Waals surface area contributed by atoms with E-state index in [9.17, 15) is 14.7 Å². The summed E-state index contributed by atoms with van der Waals surface area (Å²) in [5, 5.41) is 11.0. The number of aliphatic hydroxyl groups is 1. The first-order valence-corrected chi connectivity index (χ1v) is 15.9. The van der Waals surface area contributed by atoms with Gasteiger partial charge in [-0.05, 0) is 128 Å². The highest BCUT2D eigenvalue weighted by Gasteiger charge is 2.71. The van der Waals surface area contributed by atoms with Crippen molar-refractivity contribution in [2.24, 2.45) is 62.6 Å². The maximum Gasteiger partial charge on any atom is 0.139 e. The second-order valence-electron chi connectivity index (χ2n) is 16.3. The predicted molar refractivity (Wildman–Crippen MR) is 150 cm³/mol. The first kappa shape index (κ1) is 27.9. The minimum atomic E-state index is -0.185. The molecular formula is C34H56O3. The molecule has 5 unspecified atom stereocenters. The van der Waals surface area contributed by atoms with Gasteiger partial charge in [-0.1, -0.05) is 48.5 Å². The monoisotopic (exact) mass is 512 g/mol. The van der Waals surface area contributed by atoms with Gasteiger partial charge in [-0.3, -0.25) is 4.79 Å². The minimum absolute atomic E-state index is 0.00881. The summed E-state index contributed by atoms with van der Waals surface area (Å²) in [7, 11) is 0. The van der Waals surface area contributed by atoms with E-state index in [1.165, 1.54) is 38.5 Å². The van der Waals surface area contributed by atoms with Gasteiger partial charge in [-0.15, -0.1) is 0 Å². The lowest BCUT2D eigenvalue weighted by molar-refractivity contribution is -0.247. The molecule has 1 N–H and O–H groups in total. The lowest BCUT2D eigenvalue weighted by Gasteiger charge is -2.73. The molecule has 0 heterocycles. The van der Waals surface area contributed by atoms with Gasteiger partial charge in [0.2, 0.25) is 0 Å². The van der Waals surface area contributed by atoms with Crippen LogP contribution in [0.3, 0.4) is 0 Å². The molecule has 5 rings (SSSR count). The van der Waals surface area contributed by atoms with E-state index >= 15 is 0 Å². The molecule has 3 nitrogen and oxygen atoms in total. The van der Waals surface area contributed by atoms with Crippen LogP contribution in [0, 0.1) is 62.6 Å². The van der Waals surface area contributed by atoms with E-state index in [-0.39, 0.29) is 33.5 Å².